The molecule has 0 amide bonds. The highest BCUT2D eigenvalue weighted by atomic mass is 35.6. The maximum absolute atomic E-state index is 9.52. The van der Waals surface area contributed by atoms with Gasteiger partial charge in [0.15, 0.2) is 0 Å². The predicted molar refractivity (Wildman–Crippen MR) is 35.7 cm³/mol. The summed E-state index contributed by atoms with van der Waals surface area (Å²) in [6.45, 7) is 0. The van der Waals surface area contributed by atoms with Gasteiger partial charge in [0.1, 0.15) is 0 Å². The Kier molecular flexibility index (Phi) is 3.35. The third-order valence-electron chi connectivity index (χ3n) is 0.363. The van der Waals surface area contributed by atoms with Crippen LogP contribution in [0.5, 0.6) is 0 Å². The number of nitroso groups, excluding NO2 is 1. The van der Waals surface area contributed by atoms with Crippen molar-refractivity contribution in [2.75, 3.05) is 0 Å². The molecule has 0 saturated carbocycles. The second-order valence-electron chi connectivity index (χ2n) is 0.983. The maximum atomic E-state index is 9.52. The molecular formula is C2HCl4NO. The minimum Gasteiger partial charge on any atom is -0.149 e. The number of halogens is 4. The molecule has 8 heavy (non-hydrogen) atoms. The van der Waals surface area contributed by atoms with E-state index in [2.05, 4.69) is 5.18 Å². The number of hydrogen-bond acceptors (Lipinski definition) is 2. The standard InChI is InChI=1S/C2HCl4NO/c3-1(7-8)2(4,5)6/h1H. The summed E-state index contributed by atoms with van der Waals surface area (Å²) in [5, 5.41) is 2.28. The molecule has 0 aliphatic rings. The van der Waals surface area contributed by atoms with Crippen LogP contribution in [-0.4, -0.2) is 9.29 Å². The first-order chi connectivity index (χ1) is 3.48. The first-order valence-corrected chi connectivity index (χ1v) is 3.08. The molecule has 0 N–H and O–H groups in total. The van der Waals surface area contributed by atoms with Gasteiger partial charge in [-0.05, 0) is 5.18 Å². The molecule has 0 fully saturated rings. The van der Waals surface area contributed by atoms with E-state index in [0.717, 1.165) is 0 Å². The van der Waals surface area contributed by atoms with Crippen molar-refractivity contribution in [3.8, 4) is 0 Å². The molecule has 0 aromatic carbocycles. The van der Waals surface area contributed by atoms with Gasteiger partial charge in [-0.15, -0.1) is 4.91 Å². The number of hydrogen-bond donors (Lipinski definition) is 0. The van der Waals surface area contributed by atoms with Gasteiger partial charge in [0.05, 0.1) is 0 Å². The zero-order chi connectivity index (χ0) is 6.78. The Labute approximate surface area is 66.0 Å². The number of rotatable bonds is 1. The minimum absolute atomic E-state index is 1.31. The van der Waals surface area contributed by atoms with E-state index in [9.17, 15) is 4.91 Å². The zero-order valence-electron chi connectivity index (χ0n) is 3.44. The van der Waals surface area contributed by atoms with Crippen LogP contribution in [0.2, 0.25) is 0 Å². The second-order valence-corrected chi connectivity index (χ2v) is 3.77. The molecule has 1 unspecified atom stereocenters. The highest BCUT2D eigenvalue weighted by Gasteiger charge is 2.31. The Morgan fingerprint density at radius 3 is 1.75 bits per heavy atom. The monoisotopic (exact) mass is 195 g/mol. The van der Waals surface area contributed by atoms with Gasteiger partial charge in [-0.1, -0.05) is 46.4 Å². The Bertz CT molecular complexity index is 88.5. The molecule has 0 radical (unpaired) electrons. The topological polar surface area (TPSA) is 29.4 Å². The molecule has 0 spiro atoms. The van der Waals surface area contributed by atoms with Gasteiger partial charge in [0.2, 0.25) is 9.29 Å². The van der Waals surface area contributed by atoms with Crippen molar-refractivity contribution in [1.29, 1.82) is 0 Å². The molecule has 48 valence electrons. The molecule has 0 aliphatic carbocycles. The van der Waals surface area contributed by atoms with Crippen LogP contribution in [0.4, 0.5) is 0 Å². The lowest BCUT2D eigenvalue weighted by molar-refractivity contribution is 0.925. The van der Waals surface area contributed by atoms with E-state index in [4.69, 9.17) is 46.4 Å². The van der Waals surface area contributed by atoms with Crippen molar-refractivity contribution >= 4 is 46.4 Å². The summed E-state index contributed by atoms with van der Waals surface area (Å²) in [6.07, 6.45) is 0. The van der Waals surface area contributed by atoms with Gasteiger partial charge in [0, 0.05) is 0 Å². The lowest BCUT2D eigenvalue weighted by Crippen LogP contribution is -2.15. The van der Waals surface area contributed by atoms with Crippen LogP contribution in [0.15, 0.2) is 5.18 Å². The van der Waals surface area contributed by atoms with E-state index in [1.54, 1.807) is 0 Å². The average Bonchev–Trinajstić information content (AvgIpc) is 1.62. The van der Waals surface area contributed by atoms with Gasteiger partial charge >= 0.3 is 0 Å². The third kappa shape index (κ3) is 2.92. The fourth-order valence-electron chi connectivity index (χ4n) is 0.0598. The molecule has 0 saturated heterocycles. The Morgan fingerprint density at radius 2 is 1.75 bits per heavy atom. The van der Waals surface area contributed by atoms with E-state index < -0.39 is 9.29 Å². The fraction of sp³-hybridized carbons (Fsp3) is 1.00. The molecule has 0 rings (SSSR count). The van der Waals surface area contributed by atoms with Crippen LogP contribution in [0.1, 0.15) is 0 Å². The minimum atomic E-state index is -1.79. The van der Waals surface area contributed by atoms with Crippen molar-refractivity contribution < 1.29 is 0 Å². The van der Waals surface area contributed by atoms with E-state index in [-0.39, 0.29) is 0 Å². The lowest BCUT2D eigenvalue weighted by Gasteiger charge is -2.08. The van der Waals surface area contributed by atoms with E-state index >= 15 is 0 Å². The molecule has 2 nitrogen and oxygen atoms in total. The van der Waals surface area contributed by atoms with Gasteiger partial charge in [-0.2, -0.15) is 0 Å². The second kappa shape index (κ2) is 3.06. The lowest BCUT2D eigenvalue weighted by atomic mass is 10.8. The highest BCUT2D eigenvalue weighted by molar-refractivity contribution is 6.70. The molecule has 1 atom stereocenters. The van der Waals surface area contributed by atoms with Gasteiger partial charge in [0.25, 0.3) is 0 Å². The molecule has 0 heterocycles. The van der Waals surface area contributed by atoms with Crippen LogP contribution >= 0.6 is 46.4 Å². The maximum Gasteiger partial charge on any atom is 0.229 e. The summed E-state index contributed by atoms with van der Waals surface area (Å²) < 4.78 is -1.79. The highest BCUT2D eigenvalue weighted by Crippen LogP contribution is 2.34. The van der Waals surface area contributed by atoms with Gasteiger partial charge in [-0.25, -0.2) is 0 Å². The van der Waals surface area contributed by atoms with E-state index in [0.29, 0.717) is 0 Å². The molecular weight excluding hydrogens is 196 g/mol. The summed E-state index contributed by atoms with van der Waals surface area (Å²) >= 11 is 20.3. The summed E-state index contributed by atoms with van der Waals surface area (Å²) in [6, 6.07) is 0. The van der Waals surface area contributed by atoms with Crippen molar-refractivity contribution in [1.82, 2.24) is 0 Å². The summed E-state index contributed by atoms with van der Waals surface area (Å²) in [7, 11) is 0. The van der Waals surface area contributed by atoms with Crippen molar-refractivity contribution in [3.05, 3.63) is 4.91 Å². The third-order valence-corrected chi connectivity index (χ3v) is 1.72. The summed E-state index contributed by atoms with van der Waals surface area (Å²) in [5.74, 6) is 0. The largest absolute Gasteiger partial charge is 0.229 e. The van der Waals surface area contributed by atoms with Gasteiger partial charge in [-0.3, -0.25) is 0 Å². The van der Waals surface area contributed by atoms with Crippen LogP contribution in [0.25, 0.3) is 0 Å². The normalized spacial score (nSPS) is 15.5. The van der Waals surface area contributed by atoms with Crippen LogP contribution < -0.4 is 0 Å². The van der Waals surface area contributed by atoms with Crippen LogP contribution in [0, 0.1) is 4.91 Å². The molecule has 0 bridgehead atoms. The average molecular weight is 197 g/mol. The Hall–Kier alpha value is 0.760. The van der Waals surface area contributed by atoms with E-state index in [1.807, 2.05) is 0 Å². The molecule has 0 aromatic rings. The number of nitrogens with zero attached hydrogens (tertiary/aromatic N) is 1. The van der Waals surface area contributed by atoms with Crippen molar-refractivity contribution in [2.45, 2.75) is 9.29 Å². The molecule has 6 heteroatoms. The molecule has 0 aliphatic heterocycles. The molecule has 0 aromatic heterocycles. The van der Waals surface area contributed by atoms with Crippen molar-refractivity contribution in [2.24, 2.45) is 5.18 Å². The number of alkyl halides is 4. The van der Waals surface area contributed by atoms with Crippen LogP contribution in [0.3, 0.4) is 0 Å². The van der Waals surface area contributed by atoms with Crippen LogP contribution in [-0.2, 0) is 0 Å². The Morgan fingerprint density at radius 1 is 1.38 bits per heavy atom. The first kappa shape index (κ1) is 8.76. The van der Waals surface area contributed by atoms with E-state index in [1.165, 1.54) is 0 Å². The zero-order valence-corrected chi connectivity index (χ0v) is 6.47. The predicted octanol–water partition coefficient (Wildman–Crippen LogP) is 2.69. The fourth-order valence-corrected chi connectivity index (χ4v) is 0.179. The summed E-state index contributed by atoms with van der Waals surface area (Å²) in [5.41, 5.74) is -1.31. The smallest absolute Gasteiger partial charge is 0.149 e. The first-order valence-electron chi connectivity index (χ1n) is 1.51. The van der Waals surface area contributed by atoms with Crippen molar-refractivity contribution in [3.63, 3.8) is 0 Å². The van der Waals surface area contributed by atoms with Gasteiger partial charge < -0.3 is 0 Å². The summed E-state index contributed by atoms with van der Waals surface area (Å²) in [4.78, 5) is 9.52. The Balaban J connectivity index is 3.80. The quantitative estimate of drug-likeness (QED) is 0.360. The SMILES string of the molecule is O=NC(Cl)C(Cl)(Cl)Cl.